The van der Waals surface area contributed by atoms with Gasteiger partial charge in [-0.1, -0.05) is 24.6 Å². The lowest BCUT2D eigenvalue weighted by Gasteiger charge is -2.11. The second-order valence-electron chi connectivity index (χ2n) is 4.40. The number of amides is 1. The number of hydrogen-bond donors (Lipinski definition) is 2. The number of nitrogens with zero attached hydrogens (tertiary/aromatic N) is 1. The zero-order chi connectivity index (χ0) is 15.2. The average Bonchev–Trinajstić information content (AvgIpc) is 2.50. The molecule has 1 amide bonds. The lowest BCUT2D eigenvalue weighted by Crippen LogP contribution is -2.16. The SMILES string of the molecule is CCCNc1cnccc1C(=O)Nc1cccc(Cl)c1F. The van der Waals surface area contributed by atoms with Crippen LogP contribution in [0.5, 0.6) is 0 Å². The Morgan fingerprint density at radius 1 is 1.33 bits per heavy atom. The number of halogens is 2. The molecule has 0 spiro atoms. The van der Waals surface area contributed by atoms with Crippen LogP contribution in [0.3, 0.4) is 0 Å². The molecule has 0 saturated heterocycles. The van der Waals surface area contributed by atoms with Crippen LogP contribution in [0.2, 0.25) is 5.02 Å². The number of nitrogens with one attached hydrogen (secondary N) is 2. The van der Waals surface area contributed by atoms with Crippen LogP contribution >= 0.6 is 11.6 Å². The zero-order valence-corrected chi connectivity index (χ0v) is 12.2. The molecule has 4 nitrogen and oxygen atoms in total. The Kier molecular flexibility index (Phi) is 5.11. The number of aromatic nitrogens is 1. The van der Waals surface area contributed by atoms with Crippen LogP contribution in [0.15, 0.2) is 36.7 Å². The topological polar surface area (TPSA) is 54.0 Å². The predicted octanol–water partition coefficient (Wildman–Crippen LogP) is 3.95. The number of rotatable bonds is 5. The van der Waals surface area contributed by atoms with Crippen LogP contribution in [0.25, 0.3) is 0 Å². The van der Waals surface area contributed by atoms with Gasteiger partial charge in [0.2, 0.25) is 0 Å². The second kappa shape index (κ2) is 7.04. The van der Waals surface area contributed by atoms with Crippen molar-refractivity contribution in [1.29, 1.82) is 0 Å². The van der Waals surface area contributed by atoms with Crippen molar-refractivity contribution in [3.63, 3.8) is 0 Å². The van der Waals surface area contributed by atoms with Crippen molar-refractivity contribution < 1.29 is 9.18 Å². The fraction of sp³-hybridized carbons (Fsp3) is 0.200. The van der Waals surface area contributed by atoms with Gasteiger partial charge in [0.1, 0.15) is 0 Å². The molecular weight excluding hydrogens is 293 g/mol. The molecule has 6 heteroatoms. The molecule has 0 aliphatic carbocycles. The van der Waals surface area contributed by atoms with Gasteiger partial charge in [0.25, 0.3) is 5.91 Å². The molecule has 0 aliphatic rings. The predicted molar refractivity (Wildman–Crippen MR) is 82.4 cm³/mol. The molecule has 0 aliphatic heterocycles. The van der Waals surface area contributed by atoms with E-state index in [0.717, 1.165) is 13.0 Å². The van der Waals surface area contributed by atoms with Crippen molar-refractivity contribution in [2.45, 2.75) is 13.3 Å². The van der Waals surface area contributed by atoms with E-state index in [-0.39, 0.29) is 10.7 Å². The van der Waals surface area contributed by atoms with Crippen LogP contribution in [0.4, 0.5) is 15.8 Å². The highest BCUT2D eigenvalue weighted by Gasteiger charge is 2.14. The van der Waals surface area contributed by atoms with Crippen molar-refractivity contribution in [3.8, 4) is 0 Å². The molecular formula is C15H15ClFN3O. The Hall–Kier alpha value is -2.14. The highest BCUT2D eigenvalue weighted by molar-refractivity contribution is 6.31. The minimum atomic E-state index is -0.648. The molecule has 0 radical (unpaired) electrons. The van der Waals surface area contributed by atoms with Gasteiger partial charge >= 0.3 is 0 Å². The third kappa shape index (κ3) is 3.70. The molecule has 1 aromatic carbocycles. The monoisotopic (exact) mass is 307 g/mol. The van der Waals surface area contributed by atoms with Gasteiger partial charge in [-0.05, 0) is 24.6 Å². The first-order chi connectivity index (χ1) is 10.1. The van der Waals surface area contributed by atoms with Crippen molar-refractivity contribution in [1.82, 2.24) is 4.98 Å². The molecule has 2 N–H and O–H groups in total. The lowest BCUT2D eigenvalue weighted by atomic mass is 10.2. The van der Waals surface area contributed by atoms with Crippen LogP contribution in [0.1, 0.15) is 23.7 Å². The van der Waals surface area contributed by atoms with Gasteiger partial charge in [-0.15, -0.1) is 0 Å². The molecule has 1 aromatic heterocycles. The molecule has 1 heterocycles. The maximum atomic E-state index is 13.8. The fourth-order valence-corrected chi connectivity index (χ4v) is 1.96. The van der Waals surface area contributed by atoms with E-state index >= 15 is 0 Å². The van der Waals surface area contributed by atoms with Gasteiger partial charge in [-0.3, -0.25) is 9.78 Å². The van der Waals surface area contributed by atoms with Gasteiger partial charge in [0.05, 0.1) is 28.2 Å². The molecule has 0 atom stereocenters. The van der Waals surface area contributed by atoms with Crippen LogP contribution in [-0.4, -0.2) is 17.4 Å². The van der Waals surface area contributed by atoms with E-state index in [0.29, 0.717) is 11.3 Å². The maximum Gasteiger partial charge on any atom is 0.257 e. The molecule has 110 valence electrons. The first kappa shape index (κ1) is 15.3. The summed E-state index contributed by atoms with van der Waals surface area (Å²) < 4.78 is 13.8. The molecule has 2 rings (SSSR count). The molecule has 0 fully saturated rings. The highest BCUT2D eigenvalue weighted by atomic mass is 35.5. The molecule has 2 aromatic rings. The van der Waals surface area contributed by atoms with Gasteiger partial charge < -0.3 is 10.6 Å². The van der Waals surface area contributed by atoms with E-state index in [1.54, 1.807) is 18.3 Å². The Labute approximate surface area is 127 Å². The third-order valence-electron chi connectivity index (χ3n) is 2.83. The van der Waals surface area contributed by atoms with Gasteiger partial charge in [-0.2, -0.15) is 0 Å². The standard InChI is InChI=1S/C15H15ClFN3O/c1-2-7-19-13-9-18-8-6-10(13)15(21)20-12-5-3-4-11(16)14(12)17/h3-6,8-9,19H,2,7H2,1H3,(H,20,21). The molecule has 0 bridgehead atoms. The van der Waals surface area contributed by atoms with Crippen molar-refractivity contribution >= 4 is 28.9 Å². The van der Waals surface area contributed by atoms with E-state index in [1.807, 2.05) is 6.92 Å². The van der Waals surface area contributed by atoms with Crippen molar-refractivity contribution in [3.05, 3.63) is 53.1 Å². The Morgan fingerprint density at radius 3 is 2.90 bits per heavy atom. The summed E-state index contributed by atoms with van der Waals surface area (Å²) in [6.07, 6.45) is 4.00. The smallest absolute Gasteiger partial charge is 0.257 e. The number of benzene rings is 1. The van der Waals surface area contributed by atoms with E-state index < -0.39 is 11.7 Å². The van der Waals surface area contributed by atoms with Gasteiger partial charge in [0, 0.05) is 12.7 Å². The Morgan fingerprint density at radius 2 is 2.14 bits per heavy atom. The largest absolute Gasteiger partial charge is 0.383 e. The quantitative estimate of drug-likeness (QED) is 0.879. The lowest BCUT2D eigenvalue weighted by molar-refractivity contribution is 0.102. The minimum Gasteiger partial charge on any atom is -0.383 e. The van der Waals surface area contributed by atoms with E-state index in [1.165, 1.54) is 18.3 Å². The number of hydrogen-bond acceptors (Lipinski definition) is 3. The van der Waals surface area contributed by atoms with Gasteiger partial charge in [-0.25, -0.2) is 4.39 Å². The Bertz CT molecular complexity index is 649. The van der Waals surface area contributed by atoms with Crippen LogP contribution in [0, 0.1) is 5.82 Å². The summed E-state index contributed by atoms with van der Waals surface area (Å²) in [5, 5.41) is 5.60. The fourth-order valence-electron chi connectivity index (χ4n) is 1.78. The number of carbonyl (C=O) groups excluding carboxylic acids is 1. The molecule has 0 saturated carbocycles. The second-order valence-corrected chi connectivity index (χ2v) is 4.81. The number of anilines is 2. The van der Waals surface area contributed by atoms with Crippen LogP contribution in [-0.2, 0) is 0 Å². The molecule has 21 heavy (non-hydrogen) atoms. The summed E-state index contributed by atoms with van der Waals surface area (Å²) in [4.78, 5) is 16.3. The van der Waals surface area contributed by atoms with E-state index in [9.17, 15) is 9.18 Å². The van der Waals surface area contributed by atoms with Crippen LogP contribution < -0.4 is 10.6 Å². The summed E-state index contributed by atoms with van der Waals surface area (Å²) >= 11 is 5.69. The average molecular weight is 308 g/mol. The van der Waals surface area contributed by atoms with E-state index in [2.05, 4.69) is 15.6 Å². The van der Waals surface area contributed by atoms with Gasteiger partial charge in [0.15, 0.2) is 5.82 Å². The minimum absolute atomic E-state index is 0.0353. The maximum absolute atomic E-state index is 13.8. The van der Waals surface area contributed by atoms with Crippen molar-refractivity contribution in [2.24, 2.45) is 0 Å². The summed E-state index contributed by atoms with van der Waals surface area (Å²) in [5.41, 5.74) is 1.06. The van der Waals surface area contributed by atoms with Crippen molar-refractivity contribution in [2.75, 3.05) is 17.2 Å². The summed E-state index contributed by atoms with van der Waals surface area (Å²) in [7, 11) is 0. The first-order valence-electron chi connectivity index (χ1n) is 6.56. The summed E-state index contributed by atoms with van der Waals surface area (Å²) in [6.45, 7) is 2.74. The first-order valence-corrected chi connectivity index (χ1v) is 6.94. The third-order valence-corrected chi connectivity index (χ3v) is 3.12. The number of carbonyl (C=O) groups is 1. The van der Waals surface area contributed by atoms with E-state index in [4.69, 9.17) is 11.6 Å². The normalized spacial score (nSPS) is 10.2. The number of pyridine rings is 1. The Balaban J connectivity index is 2.22. The summed E-state index contributed by atoms with van der Waals surface area (Å²) in [5.74, 6) is -1.07. The zero-order valence-electron chi connectivity index (χ0n) is 11.5. The summed E-state index contributed by atoms with van der Waals surface area (Å²) in [6, 6.07) is 6.03. The highest BCUT2D eigenvalue weighted by Crippen LogP contribution is 2.23. The molecule has 0 unspecified atom stereocenters.